The maximum atomic E-state index is 12.7. The molecule has 2 aromatic carbocycles. The fourth-order valence-corrected chi connectivity index (χ4v) is 2.81. The van der Waals surface area contributed by atoms with Crippen LogP contribution in [0.15, 0.2) is 64.1 Å². The fourth-order valence-electron chi connectivity index (χ4n) is 2.81. The van der Waals surface area contributed by atoms with Gasteiger partial charge in [-0.15, -0.1) is 0 Å². The smallest absolute Gasteiger partial charge is 0.416 e. The summed E-state index contributed by atoms with van der Waals surface area (Å²) in [6.07, 6.45) is -3.54. The van der Waals surface area contributed by atoms with Gasteiger partial charge in [0.25, 0.3) is 5.69 Å². The highest BCUT2D eigenvalue weighted by atomic mass is 19.4. The third-order valence-corrected chi connectivity index (χ3v) is 4.32. The molecule has 10 heteroatoms. The second-order valence-electron chi connectivity index (χ2n) is 6.63. The van der Waals surface area contributed by atoms with E-state index in [2.05, 4.69) is 10.5 Å². The molecule has 0 saturated heterocycles. The van der Waals surface area contributed by atoms with E-state index in [1.165, 1.54) is 30.5 Å². The third kappa shape index (κ3) is 5.56. The summed E-state index contributed by atoms with van der Waals surface area (Å²) >= 11 is 0. The van der Waals surface area contributed by atoms with Gasteiger partial charge in [-0.25, -0.2) is 5.43 Å². The van der Waals surface area contributed by atoms with Crippen LogP contribution in [0.2, 0.25) is 0 Å². The molecule has 3 rings (SSSR count). The van der Waals surface area contributed by atoms with Crippen molar-refractivity contribution in [2.45, 2.75) is 19.5 Å². The number of nitrogens with one attached hydrogen (secondary N) is 1. The summed E-state index contributed by atoms with van der Waals surface area (Å²) in [5, 5.41) is 14.7. The molecule has 0 fully saturated rings. The highest BCUT2D eigenvalue weighted by Gasteiger charge is 2.30. The number of hydrogen-bond donors (Lipinski definition) is 1. The van der Waals surface area contributed by atoms with Gasteiger partial charge >= 0.3 is 6.18 Å². The number of carbonyl (C=O) groups excluding carboxylic acids is 1. The zero-order valence-corrected chi connectivity index (χ0v) is 16.1. The quantitative estimate of drug-likeness (QED) is 0.342. The monoisotopic (exact) mass is 431 g/mol. The Bertz CT molecular complexity index is 1150. The van der Waals surface area contributed by atoms with Gasteiger partial charge in [0.2, 0.25) is 5.91 Å². The van der Waals surface area contributed by atoms with E-state index in [-0.39, 0.29) is 23.4 Å². The average molecular weight is 431 g/mol. The normalized spacial score (nSPS) is 11.6. The number of alkyl halides is 3. The number of hydrazone groups is 1. The van der Waals surface area contributed by atoms with Gasteiger partial charge in [0.15, 0.2) is 0 Å². The molecule has 1 aromatic heterocycles. The van der Waals surface area contributed by atoms with Gasteiger partial charge < -0.3 is 4.42 Å². The lowest BCUT2D eigenvalue weighted by molar-refractivity contribution is -0.384. The van der Waals surface area contributed by atoms with Crippen LogP contribution in [0.3, 0.4) is 0 Å². The second kappa shape index (κ2) is 8.82. The Kier molecular flexibility index (Phi) is 6.19. The standard InChI is InChI=1S/C21H16F3N3O4/c1-13-5-6-16(27(29)30)11-18(13)19-8-7-17(31-19)12-25-26-20(28)10-14-3-2-4-15(9-14)21(22,23)24/h2-9,11-12H,10H2,1H3,(H,26,28). The van der Waals surface area contributed by atoms with Crippen LogP contribution in [0.4, 0.5) is 18.9 Å². The molecule has 0 aliphatic rings. The van der Waals surface area contributed by atoms with Crippen LogP contribution >= 0.6 is 0 Å². The Labute approximate surface area is 174 Å². The Balaban J connectivity index is 1.64. The van der Waals surface area contributed by atoms with Crippen LogP contribution in [-0.4, -0.2) is 17.0 Å². The van der Waals surface area contributed by atoms with Crippen molar-refractivity contribution in [2.75, 3.05) is 0 Å². The van der Waals surface area contributed by atoms with Crippen molar-refractivity contribution in [1.29, 1.82) is 0 Å². The molecular weight excluding hydrogens is 415 g/mol. The number of carbonyl (C=O) groups is 1. The number of aryl methyl sites for hydroxylation is 1. The maximum absolute atomic E-state index is 12.7. The molecule has 0 aliphatic heterocycles. The van der Waals surface area contributed by atoms with Crippen LogP contribution in [0.25, 0.3) is 11.3 Å². The summed E-state index contributed by atoms with van der Waals surface area (Å²) in [5.74, 6) is 0.0649. The minimum atomic E-state index is -4.49. The molecule has 0 unspecified atom stereocenters. The van der Waals surface area contributed by atoms with Gasteiger partial charge in [0, 0.05) is 17.7 Å². The highest BCUT2D eigenvalue weighted by Crippen LogP contribution is 2.30. The molecule has 31 heavy (non-hydrogen) atoms. The minimum Gasteiger partial charge on any atom is -0.455 e. The number of nitro groups is 1. The van der Waals surface area contributed by atoms with E-state index in [0.717, 1.165) is 17.7 Å². The van der Waals surface area contributed by atoms with Crippen molar-refractivity contribution in [3.63, 3.8) is 0 Å². The van der Waals surface area contributed by atoms with E-state index in [0.29, 0.717) is 11.3 Å². The molecular formula is C21H16F3N3O4. The topological polar surface area (TPSA) is 97.7 Å². The van der Waals surface area contributed by atoms with Crippen molar-refractivity contribution < 1.29 is 27.3 Å². The second-order valence-corrected chi connectivity index (χ2v) is 6.63. The summed E-state index contributed by atoms with van der Waals surface area (Å²) in [6.45, 7) is 1.78. The Hall–Kier alpha value is -3.95. The third-order valence-electron chi connectivity index (χ3n) is 4.32. The molecule has 1 heterocycles. The van der Waals surface area contributed by atoms with Gasteiger partial charge in [-0.1, -0.05) is 24.3 Å². The van der Waals surface area contributed by atoms with E-state index in [1.807, 2.05) is 0 Å². The predicted octanol–water partition coefficient (Wildman–Crippen LogP) is 4.87. The van der Waals surface area contributed by atoms with E-state index in [4.69, 9.17) is 4.42 Å². The molecule has 1 N–H and O–H groups in total. The SMILES string of the molecule is Cc1ccc([N+](=O)[O-])cc1-c1ccc(C=NNC(=O)Cc2cccc(C(F)(F)F)c2)o1. The lowest BCUT2D eigenvalue weighted by Gasteiger charge is -2.08. The molecule has 0 spiro atoms. The number of benzene rings is 2. The summed E-state index contributed by atoms with van der Waals surface area (Å²) in [5.41, 5.74) is 2.83. The Morgan fingerprint density at radius 3 is 2.68 bits per heavy atom. The number of nitrogens with zero attached hydrogens (tertiary/aromatic N) is 2. The predicted molar refractivity (Wildman–Crippen MR) is 106 cm³/mol. The summed E-state index contributed by atoms with van der Waals surface area (Å²) in [4.78, 5) is 22.4. The molecule has 160 valence electrons. The number of non-ortho nitro benzene ring substituents is 1. The first kappa shape index (κ1) is 21.8. The van der Waals surface area contributed by atoms with E-state index < -0.39 is 22.6 Å². The summed E-state index contributed by atoms with van der Waals surface area (Å²) in [6, 6.07) is 12.1. The van der Waals surface area contributed by atoms with Crippen LogP contribution in [0.1, 0.15) is 22.5 Å². The van der Waals surface area contributed by atoms with Crippen molar-refractivity contribution >= 4 is 17.8 Å². The van der Waals surface area contributed by atoms with Crippen LogP contribution in [-0.2, 0) is 17.4 Å². The number of rotatable bonds is 6. The molecule has 7 nitrogen and oxygen atoms in total. The van der Waals surface area contributed by atoms with E-state index in [9.17, 15) is 28.1 Å². The van der Waals surface area contributed by atoms with Gasteiger partial charge in [-0.2, -0.15) is 18.3 Å². The summed E-state index contributed by atoms with van der Waals surface area (Å²) in [7, 11) is 0. The first-order valence-corrected chi connectivity index (χ1v) is 8.97. The average Bonchev–Trinajstić information content (AvgIpc) is 3.16. The molecule has 0 radical (unpaired) electrons. The fraction of sp³-hybridized carbons (Fsp3) is 0.143. The summed E-state index contributed by atoms with van der Waals surface area (Å²) < 4.78 is 43.8. The van der Waals surface area contributed by atoms with Crippen LogP contribution in [0, 0.1) is 17.0 Å². The molecule has 0 atom stereocenters. The Morgan fingerprint density at radius 2 is 1.97 bits per heavy atom. The Morgan fingerprint density at radius 1 is 1.19 bits per heavy atom. The van der Waals surface area contributed by atoms with Crippen LogP contribution in [0.5, 0.6) is 0 Å². The molecule has 0 bridgehead atoms. The van der Waals surface area contributed by atoms with E-state index in [1.54, 1.807) is 25.1 Å². The molecule has 0 saturated carbocycles. The zero-order chi connectivity index (χ0) is 22.6. The highest BCUT2D eigenvalue weighted by molar-refractivity contribution is 5.82. The molecule has 3 aromatic rings. The van der Waals surface area contributed by atoms with Gasteiger partial charge in [0.1, 0.15) is 11.5 Å². The number of furan rings is 1. The van der Waals surface area contributed by atoms with Crippen molar-refractivity contribution in [3.8, 4) is 11.3 Å². The largest absolute Gasteiger partial charge is 0.455 e. The van der Waals surface area contributed by atoms with Gasteiger partial charge in [-0.3, -0.25) is 14.9 Å². The lowest BCUT2D eigenvalue weighted by atomic mass is 10.1. The van der Waals surface area contributed by atoms with Crippen molar-refractivity contribution in [2.24, 2.45) is 5.10 Å². The number of amides is 1. The zero-order valence-electron chi connectivity index (χ0n) is 16.1. The number of hydrogen-bond acceptors (Lipinski definition) is 5. The molecule has 1 amide bonds. The van der Waals surface area contributed by atoms with Gasteiger partial charge in [0.05, 0.1) is 23.1 Å². The number of halogens is 3. The first-order chi connectivity index (χ1) is 14.6. The van der Waals surface area contributed by atoms with Crippen LogP contribution < -0.4 is 5.43 Å². The molecule has 0 aliphatic carbocycles. The number of nitro benzene ring substituents is 1. The first-order valence-electron chi connectivity index (χ1n) is 8.97. The minimum absolute atomic E-state index is 0.0749. The van der Waals surface area contributed by atoms with E-state index >= 15 is 0 Å². The van der Waals surface area contributed by atoms with Crippen molar-refractivity contribution in [1.82, 2.24) is 5.43 Å². The maximum Gasteiger partial charge on any atom is 0.416 e. The van der Waals surface area contributed by atoms with Gasteiger partial charge in [-0.05, 0) is 36.2 Å². The van der Waals surface area contributed by atoms with Crippen molar-refractivity contribution in [3.05, 3.63) is 87.2 Å². The lowest BCUT2D eigenvalue weighted by Crippen LogP contribution is -2.20.